The molecule has 4 heterocycles. The molecule has 7 rings (SSSR count). The van der Waals surface area contributed by atoms with Gasteiger partial charge in [0.1, 0.15) is 46.0 Å². The standard InChI is InChI=1S/C57H62Cl3F2N9O8/c1-33-29-66-43(34(2)50(33)75-7)31-71-30-36(46-51(60)69-55(64)70-52(46)71)10-9-18-76-20-22-78-24-25-79-23-21-77-19-17-65-53(72)35-13-16-42(44(26-35)74-6)67-54(73)49-47(38-11-8-12-40(59)48(38)62)57(32-63,45(68-49)28-56(3,4)5)39-15-14-37(58)27-41(39)61/h8,11-16,26-27,29-30,45,47,49,68H,17-25,28,31H2,1-7H3,(H,65,72)(H,67,73)(H2,64,69,70). The number of nitriles is 1. The van der Waals surface area contributed by atoms with E-state index in [1.54, 1.807) is 13.3 Å². The van der Waals surface area contributed by atoms with Crippen molar-refractivity contribution >= 4 is 69.3 Å². The smallest absolute Gasteiger partial charge is 0.251 e. The van der Waals surface area contributed by atoms with Gasteiger partial charge in [-0.2, -0.15) is 10.2 Å². The van der Waals surface area contributed by atoms with Crippen molar-refractivity contribution in [2.45, 2.75) is 71.0 Å². The number of hydrogen-bond acceptors (Lipinski definition) is 14. The molecule has 6 aromatic rings. The summed E-state index contributed by atoms with van der Waals surface area (Å²) >= 11 is 19.0. The summed E-state index contributed by atoms with van der Waals surface area (Å²) in [6.45, 7) is 12.6. The lowest BCUT2D eigenvalue weighted by Crippen LogP contribution is -2.45. The highest BCUT2D eigenvalue weighted by Crippen LogP contribution is 2.53. The number of aryl methyl sites for hydroxylation is 1. The topological polar surface area (TPSA) is 219 Å². The average Bonchev–Trinajstić information content (AvgIpc) is 4.18. The molecule has 0 aliphatic carbocycles. The number of benzene rings is 3. The quantitative estimate of drug-likeness (QED) is 0.0267. The number of nitrogen functional groups attached to an aromatic ring is 1. The minimum Gasteiger partial charge on any atom is -0.496 e. The van der Waals surface area contributed by atoms with Gasteiger partial charge in [0.05, 0.1) is 106 Å². The molecule has 1 fully saturated rings. The molecular weight excluding hydrogens is 1080 g/mol. The summed E-state index contributed by atoms with van der Waals surface area (Å²) in [5, 5.41) is 20.8. The SMILES string of the molecule is COc1cc(C(=O)NCCOCCOCCOCCOCC#Cc2cn(Cc3ncc(C)c(OC)c3C)c3nc(N)nc(Cl)c23)ccc1NC(=O)C1NC(CC(C)(C)C)C(C#N)(c2ccc(Cl)cc2F)C1c1cccc(Cl)c1F. The maximum absolute atomic E-state index is 16.2. The summed E-state index contributed by atoms with van der Waals surface area (Å²) in [5.74, 6) is 3.09. The van der Waals surface area contributed by atoms with Crippen LogP contribution >= 0.6 is 34.8 Å². The van der Waals surface area contributed by atoms with Crippen molar-refractivity contribution in [3.8, 4) is 29.4 Å². The molecule has 4 unspecified atom stereocenters. The van der Waals surface area contributed by atoms with E-state index in [0.29, 0.717) is 62.6 Å². The third kappa shape index (κ3) is 14.2. The first-order chi connectivity index (χ1) is 37.8. The minimum atomic E-state index is -1.82. The van der Waals surface area contributed by atoms with E-state index in [0.717, 1.165) is 28.6 Å². The molecule has 418 valence electrons. The summed E-state index contributed by atoms with van der Waals surface area (Å²) < 4.78 is 67.8. The largest absolute Gasteiger partial charge is 0.496 e. The Morgan fingerprint density at radius 2 is 1.63 bits per heavy atom. The summed E-state index contributed by atoms with van der Waals surface area (Å²) in [4.78, 5) is 40.9. The molecule has 3 aromatic heterocycles. The van der Waals surface area contributed by atoms with Gasteiger partial charge >= 0.3 is 0 Å². The van der Waals surface area contributed by atoms with Crippen molar-refractivity contribution in [1.29, 1.82) is 5.26 Å². The first-order valence-electron chi connectivity index (χ1n) is 25.3. The predicted molar refractivity (Wildman–Crippen MR) is 298 cm³/mol. The zero-order valence-electron chi connectivity index (χ0n) is 44.8. The second-order valence-electron chi connectivity index (χ2n) is 19.8. The van der Waals surface area contributed by atoms with Crippen molar-refractivity contribution in [3.05, 3.63) is 133 Å². The van der Waals surface area contributed by atoms with Gasteiger partial charge in [-0.15, -0.1) is 0 Å². The Labute approximate surface area is 472 Å². The third-order valence-corrected chi connectivity index (χ3v) is 14.1. The molecule has 79 heavy (non-hydrogen) atoms. The van der Waals surface area contributed by atoms with Crippen LogP contribution in [-0.2, 0) is 35.7 Å². The fraction of sp³-hybridized carbons (Fsp3) is 0.404. The van der Waals surface area contributed by atoms with Gasteiger partial charge in [-0.05, 0) is 67.6 Å². The second-order valence-corrected chi connectivity index (χ2v) is 21.0. The number of aromatic nitrogens is 4. The lowest BCUT2D eigenvalue weighted by Gasteiger charge is -2.37. The third-order valence-electron chi connectivity index (χ3n) is 13.3. The molecule has 17 nitrogen and oxygen atoms in total. The van der Waals surface area contributed by atoms with Crippen LogP contribution in [0.1, 0.15) is 77.0 Å². The normalized spacial score (nSPS) is 17.0. The molecule has 0 radical (unpaired) electrons. The lowest BCUT2D eigenvalue weighted by molar-refractivity contribution is -0.118. The number of halogens is 5. The van der Waals surface area contributed by atoms with Crippen molar-refractivity contribution in [3.63, 3.8) is 0 Å². The Morgan fingerprint density at radius 1 is 0.924 bits per heavy atom. The summed E-state index contributed by atoms with van der Waals surface area (Å²) in [6.07, 6.45) is 3.90. The first-order valence-corrected chi connectivity index (χ1v) is 26.4. The number of rotatable bonds is 23. The molecule has 5 N–H and O–H groups in total. The molecule has 1 aliphatic heterocycles. The number of hydrogen-bond donors (Lipinski definition) is 4. The second kappa shape index (κ2) is 27.0. The molecule has 0 saturated carbocycles. The molecule has 0 spiro atoms. The number of amides is 2. The van der Waals surface area contributed by atoms with Crippen LogP contribution in [0.15, 0.2) is 67.0 Å². The van der Waals surface area contributed by atoms with Gasteiger partial charge in [0.15, 0.2) is 0 Å². The lowest BCUT2D eigenvalue weighted by atomic mass is 9.62. The van der Waals surface area contributed by atoms with E-state index in [1.165, 1.54) is 55.6 Å². The molecule has 22 heteroatoms. The summed E-state index contributed by atoms with van der Waals surface area (Å²) in [7, 11) is 3.01. The predicted octanol–water partition coefficient (Wildman–Crippen LogP) is 9.14. The molecule has 0 bridgehead atoms. The minimum absolute atomic E-state index is 0.0438. The number of nitrogens with two attached hydrogens (primary N) is 1. The zero-order valence-corrected chi connectivity index (χ0v) is 47.1. The molecular formula is C57H62Cl3F2N9O8. The number of pyridine rings is 1. The molecule has 4 atom stereocenters. The number of anilines is 2. The van der Waals surface area contributed by atoms with E-state index >= 15 is 8.78 Å². The van der Waals surface area contributed by atoms with Gasteiger partial charge in [0, 0.05) is 58.2 Å². The van der Waals surface area contributed by atoms with Crippen LogP contribution in [-0.4, -0.2) is 117 Å². The van der Waals surface area contributed by atoms with Crippen molar-refractivity contribution in [2.75, 3.05) is 84.7 Å². The Balaban J connectivity index is 0.836. The number of carbonyl (C=O) groups excluding carboxylic acids is 2. The maximum atomic E-state index is 16.2. The van der Waals surface area contributed by atoms with Gasteiger partial charge in [0.2, 0.25) is 11.9 Å². The van der Waals surface area contributed by atoms with Crippen molar-refractivity contribution in [2.24, 2.45) is 5.41 Å². The van der Waals surface area contributed by atoms with Gasteiger partial charge in [0.25, 0.3) is 5.91 Å². The number of fused-ring (bicyclic) bond motifs is 1. The van der Waals surface area contributed by atoms with Crippen molar-refractivity contribution in [1.82, 2.24) is 30.2 Å². The van der Waals surface area contributed by atoms with Crippen LogP contribution in [0.5, 0.6) is 11.5 Å². The maximum Gasteiger partial charge on any atom is 0.251 e. The highest BCUT2D eigenvalue weighted by atomic mass is 35.5. The average molecular weight is 1150 g/mol. The van der Waals surface area contributed by atoms with Crippen LogP contribution in [0.2, 0.25) is 15.2 Å². The number of ether oxygens (including phenoxy) is 6. The van der Waals surface area contributed by atoms with Crippen LogP contribution in [0.3, 0.4) is 0 Å². The highest BCUT2D eigenvalue weighted by Gasteiger charge is 2.61. The van der Waals surface area contributed by atoms with Gasteiger partial charge in [-0.1, -0.05) is 85.6 Å². The van der Waals surface area contributed by atoms with Gasteiger partial charge < -0.3 is 54.7 Å². The first kappa shape index (κ1) is 60.0. The zero-order chi connectivity index (χ0) is 57.0. The number of nitrogens with zero attached hydrogens (tertiary/aromatic N) is 5. The Bertz CT molecular complexity index is 3290. The van der Waals surface area contributed by atoms with E-state index in [4.69, 9.17) is 69.0 Å². The molecule has 3 aromatic carbocycles. The van der Waals surface area contributed by atoms with Gasteiger partial charge in [-0.3, -0.25) is 14.6 Å². The summed E-state index contributed by atoms with van der Waals surface area (Å²) in [5.41, 5.74) is 7.82. The van der Waals surface area contributed by atoms with E-state index in [1.807, 2.05) is 45.4 Å². The Kier molecular flexibility index (Phi) is 20.5. The van der Waals surface area contributed by atoms with Crippen LogP contribution < -0.4 is 31.2 Å². The Hall–Kier alpha value is -6.65. The van der Waals surface area contributed by atoms with Crippen LogP contribution in [0, 0.1) is 54.1 Å². The summed E-state index contributed by atoms with van der Waals surface area (Å²) in [6, 6.07) is 12.9. The van der Waals surface area contributed by atoms with E-state index in [2.05, 4.69) is 48.8 Å². The number of carbonyl (C=O) groups is 2. The highest BCUT2D eigenvalue weighted by molar-refractivity contribution is 6.34. The number of methoxy groups -OCH3 is 2. The molecule has 2 amide bonds. The van der Waals surface area contributed by atoms with Crippen LogP contribution in [0.25, 0.3) is 11.0 Å². The molecule has 1 aliphatic rings. The fourth-order valence-electron chi connectivity index (χ4n) is 9.72. The van der Waals surface area contributed by atoms with Gasteiger partial charge in [-0.25, -0.2) is 13.8 Å². The van der Waals surface area contributed by atoms with Crippen molar-refractivity contribution < 1.29 is 46.8 Å². The monoisotopic (exact) mass is 1140 g/mol. The van der Waals surface area contributed by atoms with E-state index in [-0.39, 0.29) is 75.6 Å². The fourth-order valence-corrected chi connectivity index (χ4v) is 10.3. The van der Waals surface area contributed by atoms with E-state index < -0.39 is 52.3 Å². The molecule has 1 saturated heterocycles. The Morgan fingerprint density at radius 3 is 2.30 bits per heavy atom. The number of nitrogens with one attached hydrogen (secondary N) is 3. The van der Waals surface area contributed by atoms with Crippen LogP contribution in [0.4, 0.5) is 20.4 Å². The van der Waals surface area contributed by atoms with E-state index in [9.17, 15) is 14.9 Å².